The third kappa shape index (κ3) is 4.97. The number of carbonyl (C=O) groups is 1. The minimum absolute atomic E-state index is 0.0715. The lowest BCUT2D eigenvalue weighted by atomic mass is 10.1. The van der Waals surface area contributed by atoms with Crippen molar-refractivity contribution in [2.45, 2.75) is 26.2 Å². The van der Waals surface area contributed by atoms with Crippen LogP contribution in [0.2, 0.25) is 5.02 Å². The molecule has 0 atom stereocenters. The average Bonchev–Trinajstić information content (AvgIpc) is 2.32. The Morgan fingerprint density at radius 3 is 2.71 bits per heavy atom. The van der Waals surface area contributed by atoms with E-state index < -0.39 is 0 Å². The smallest absolute Gasteiger partial charge is 0.251 e. The Labute approximate surface area is 112 Å². The van der Waals surface area contributed by atoms with Gasteiger partial charge < -0.3 is 5.32 Å². The van der Waals surface area contributed by atoms with E-state index in [0.717, 1.165) is 24.8 Å². The van der Waals surface area contributed by atoms with Crippen molar-refractivity contribution in [2.24, 2.45) is 0 Å². The van der Waals surface area contributed by atoms with E-state index in [2.05, 4.69) is 5.32 Å². The maximum atomic E-state index is 11.7. The second-order valence-corrected chi connectivity index (χ2v) is 4.75. The van der Waals surface area contributed by atoms with Crippen LogP contribution >= 0.6 is 23.2 Å². The number of alkyl halides is 1. The summed E-state index contributed by atoms with van der Waals surface area (Å²) in [6, 6.07) is 5.34. The van der Waals surface area contributed by atoms with Crippen LogP contribution in [-0.2, 0) is 0 Å². The molecule has 0 saturated heterocycles. The van der Waals surface area contributed by atoms with E-state index in [-0.39, 0.29) is 5.91 Å². The molecule has 2 nitrogen and oxygen atoms in total. The molecule has 4 heteroatoms. The van der Waals surface area contributed by atoms with Crippen LogP contribution in [-0.4, -0.2) is 18.3 Å². The molecule has 0 aliphatic rings. The summed E-state index contributed by atoms with van der Waals surface area (Å²) in [5, 5.41) is 3.49. The van der Waals surface area contributed by atoms with Gasteiger partial charge in [-0.05, 0) is 37.5 Å². The molecule has 0 aliphatic carbocycles. The Hall–Kier alpha value is -0.730. The fourth-order valence-electron chi connectivity index (χ4n) is 1.43. The summed E-state index contributed by atoms with van der Waals surface area (Å²) >= 11 is 11.5. The van der Waals surface area contributed by atoms with E-state index >= 15 is 0 Å². The van der Waals surface area contributed by atoms with Crippen molar-refractivity contribution in [1.29, 1.82) is 0 Å². The van der Waals surface area contributed by atoms with Crippen LogP contribution < -0.4 is 5.32 Å². The second kappa shape index (κ2) is 7.57. The first-order valence-corrected chi connectivity index (χ1v) is 6.66. The number of aryl methyl sites for hydroxylation is 1. The standard InChI is InChI=1S/C13H17Cl2NO/c1-10-5-6-11(9-12(10)15)13(17)16-8-4-2-3-7-14/h5-6,9H,2-4,7-8H2,1H3,(H,16,17). The minimum Gasteiger partial charge on any atom is -0.352 e. The van der Waals surface area contributed by atoms with E-state index in [1.165, 1.54) is 0 Å². The van der Waals surface area contributed by atoms with Crippen LogP contribution in [0.3, 0.4) is 0 Å². The van der Waals surface area contributed by atoms with Gasteiger partial charge in [0, 0.05) is 23.0 Å². The highest BCUT2D eigenvalue weighted by atomic mass is 35.5. The quantitative estimate of drug-likeness (QED) is 0.620. The molecule has 0 spiro atoms. The molecule has 1 N–H and O–H groups in total. The van der Waals surface area contributed by atoms with E-state index in [1.807, 2.05) is 13.0 Å². The molecule has 0 aliphatic heterocycles. The molecular formula is C13H17Cl2NO. The van der Waals surface area contributed by atoms with Gasteiger partial charge >= 0.3 is 0 Å². The zero-order valence-corrected chi connectivity index (χ0v) is 11.4. The molecule has 0 unspecified atom stereocenters. The Balaban J connectivity index is 2.39. The maximum Gasteiger partial charge on any atom is 0.251 e. The van der Waals surface area contributed by atoms with Crippen molar-refractivity contribution < 1.29 is 4.79 Å². The number of amides is 1. The van der Waals surface area contributed by atoms with Gasteiger partial charge in [0.2, 0.25) is 0 Å². The fourth-order valence-corrected chi connectivity index (χ4v) is 1.80. The molecule has 1 aromatic rings. The van der Waals surface area contributed by atoms with Crippen LogP contribution in [0.25, 0.3) is 0 Å². The second-order valence-electron chi connectivity index (χ2n) is 3.97. The van der Waals surface area contributed by atoms with Gasteiger partial charge in [0.15, 0.2) is 0 Å². The monoisotopic (exact) mass is 273 g/mol. The zero-order valence-electron chi connectivity index (χ0n) is 9.93. The van der Waals surface area contributed by atoms with Crippen LogP contribution in [0.5, 0.6) is 0 Å². The van der Waals surface area contributed by atoms with E-state index in [0.29, 0.717) is 23.0 Å². The van der Waals surface area contributed by atoms with E-state index in [9.17, 15) is 4.79 Å². The van der Waals surface area contributed by atoms with Crippen molar-refractivity contribution in [1.82, 2.24) is 5.32 Å². The molecule has 1 aromatic carbocycles. The summed E-state index contributed by atoms with van der Waals surface area (Å²) in [7, 11) is 0. The van der Waals surface area contributed by atoms with Crippen LogP contribution in [0.1, 0.15) is 35.2 Å². The third-order valence-corrected chi connectivity index (χ3v) is 3.20. The lowest BCUT2D eigenvalue weighted by Crippen LogP contribution is -2.24. The SMILES string of the molecule is Cc1ccc(C(=O)NCCCCCCl)cc1Cl. The molecular weight excluding hydrogens is 257 g/mol. The summed E-state index contributed by atoms with van der Waals surface area (Å²) in [6.07, 6.45) is 2.99. The largest absolute Gasteiger partial charge is 0.352 e. The molecule has 17 heavy (non-hydrogen) atoms. The van der Waals surface area contributed by atoms with Gasteiger partial charge in [-0.15, -0.1) is 11.6 Å². The number of hydrogen-bond acceptors (Lipinski definition) is 1. The molecule has 1 rings (SSSR count). The molecule has 1 amide bonds. The van der Waals surface area contributed by atoms with Gasteiger partial charge in [0.1, 0.15) is 0 Å². The molecule has 0 heterocycles. The number of hydrogen-bond donors (Lipinski definition) is 1. The Morgan fingerprint density at radius 2 is 2.06 bits per heavy atom. The van der Waals surface area contributed by atoms with Gasteiger partial charge in [-0.2, -0.15) is 0 Å². The van der Waals surface area contributed by atoms with Crippen molar-refractivity contribution >= 4 is 29.1 Å². The Kier molecular flexibility index (Phi) is 6.38. The average molecular weight is 274 g/mol. The summed E-state index contributed by atoms with van der Waals surface area (Å²) in [5.41, 5.74) is 1.59. The highest BCUT2D eigenvalue weighted by Crippen LogP contribution is 2.16. The number of halogens is 2. The number of nitrogens with one attached hydrogen (secondary N) is 1. The van der Waals surface area contributed by atoms with E-state index in [4.69, 9.17) is 23.2 Å². The molecule has 94 valence electrons. The van der Waals surface area contributed by atoms with Crippen molar-refractivity contribution in [3.8, 4) is 0 Å². The fraction of sp³-hybridized carbons (Fsp3) is 0.462. The normalized spacial score (nSPS) is 10.3. The Bertz CT molecular complexity index is 380. The Morgan fingerprint density at radius 1 is 1.29 bits per heavy atom. The van der Waals surface area contributed by atoms with Gasteiger partial charge in [-0.3, -0.25) is 4.79 Å². The van der Waals surface area contributed by atoms with Crippen molar-refractivity contribution in [3.05, 3.63) is 34.3 Å². The molecule has 0 radical (unpaired) electrons. The summed E-state index contributed by atoms with van der Waals surface area (Å²) in [5.74, 6) is 0.611. The topological polar surface area (TPSA) is 29.1 Å². The number of benzene rings is 1. The lowest BCUT2D eigenvalue weighted by molar-refractivity contribution is 0.0953. The van der Waals surface area contributed by atoms with Gasteiger partial charge in [-0.25, -0.2) is 0 Å². The summed E-state index contributed by atoms with van der Waals surface area (Å²) < 4.78 is 0. The highest BCUT2D eigenvalue weighted by Gasteiger charge is 2.06. The number of carbonyl (C=O) groups excluding carboxylic acids is 1. The first-order chi connectivity index (χ1) is 8.15. The third-order valence-electron chi connectivity index (χ3n) is 2.53. The van der Waals surface area contributed by atoms with Crippen LogP contribution in [0, 0.1) is 6.92 Å². The summed E-state index contributed by atoms with van der Waals surface area (Å²) in [4.78, 5) is 11.7. The molecule has 0 saturated carbocycles. The van der Waals surface area contributed by atoms with Gasteiger partial charge in [-0.1, -0.05) is 24.1 Å². The highest BCUT2D eigenvalue weighted by molar-refractivity contribution is 6.31. The number of rotatable bonds is 6. The predicted molar refractivity (Wildman–Crippen MR) is 73.1 cm³/mol. The predicted octanol–water partition coefficient (Wildman–Crippen LogP) is 3.79. The van der Waals surface area contributed by atoms with Crippen LogP contribution in [0.4, 0.5) is 0 Å². The molecule has 0 fully saturated rings. The van der Waals surface area contributed by atoms with Gasteiger partial charge in [0.05, 0.1) is 0 Å². The summed E-state index contributed by atoms with van der Waals surface area (Å²) in [6.45, 7) is 2.59. The first kappa shape index (κ1) is 14.3. The van der Waals surface area contributed by atoms with E-state index in [1.54, 1.807) is 12.1 Å². The van der Waals surface area contributed by atoms with Crippen LogP contribution in [0.15, 0.2) is 18.2 Å². The molecule has 0 aromatic heterocycles. The van der Waals surface area contributed by atoms with Crippen molar-refractivity contribution in [3.63, 3.8) is 0 Å². The molecule has 0 bridgehead atoms. The number of unbranched alkanes of at least 4 members (excludes halogenated alkanes) is 2. The van der Waals surface area contributed by atoms with Gasteiger partial charge in [0.25, 0.3) is 5.91 Å². The maximum absolute atomic E-state index is 11.7. The lowest BCUT2D eigenvalue weighted by Gasteiger charge is -2.06. The first-order valence-electron chi connectivity index (χ1n) is 5.75. The minimum atomic E-state index is -0.0715. The van der Waals surface area contributed by atoms with Crippen molar-refractivity contribution in [2.75, 3.05) is 12.4 Å². The zero-order chi connectivity index (χ0) is 12.7.